The van der Waals surface area contributed by atoms with Gasteiger partial charge in [-0.3, -0.25) is 0 Å². The van der Waals surface area contributed by atoms with Crippen LogP contribution in [0.25, 0.3) is 0 Å². The minimum Gasteiger partial charge on any atom is -0.508 e. The number of benzene rings is 2. The standard InChI is InChI=1S/C23H32O2/c1-7-14(3)20-12-19(24)13-21(15(4)8-2)22(20)11-18-9-16(5)23(25)17(6)10-18/h9-10,12-15,24-25H,7-8,11H2,1-6H3. The third kappa shape index (κ3) is 4.18. The molecule has 0 saturated heterocycles. The zero-order valence-electron chi connectivity index (χ0n) is 16.5. The van der Waals surface area contributed by atoms with Crippen molar-refractivity contribution in [1.29, 1.82) is 0 Å². The Morgan fingerprint density at radius 3 is 1.64 bits per heavy atom. The summed E-state index contributed by atoms with van der Waals surface area (Å²) >= 11 is 0. The number of aryl methyl sites for hydroxylation is 2. The van der Waals surface area contributed by atoms with Crippen LogP contribution in [0, 0.1) is 13.8 Å². The van der Waals surface area contributed by atoms with E-state index in [1.54, 1.807) is 0 Å². The van der Waals surface area contributed by atoms with Crippen molar-refractivity contribution < 1.29 is 10.2 Å². The summed E-state index contributed by atoms with van der Waals surface area (Å²) in [6.45, 7) is 12.7. The van der Waals surface area contributed by atoms with E-state index in [1.807, 2.05) is 26.0 Å². The molecule has 0 saturated carbocycles. The van der Waals surface area contributed by atoms with E-state index < -0.39 is 0 Å². The van der Waals surface area contributed by atoms with Gasteiger partial charge in [0, 0.05) is 0 Å². The fraction of sp³-hybridized carbons (Fsp3) is 0.478. The first-order valence-corrected chi connectivity index (χ1v) is 9.43. The molecule has 0 fully saturated rings. The normalized spacial score (nSPS) is 13.7. The molecular weight excluding hydrogens is 308 g/mol. The van der Waals surface area contributed by atoms with Crippen molar-refractivity contribution in [1.82, 2.24) is 0 Å². The molecule has 0 bridgehead atoms. The molecular formula is C23H32O2. The zero-order chi connectivity index (χ0) is 18.7. The predicted molar refractivity (Wildman–Crippen MR) is 106 cm³/mol. The van der Waals surface area contributed by atoms with E-state index in [1.165, 1.54) is 22.3 Å². The van der Waals surface area contributed by atoms with Crippen molar-refractivity contribution >= 4 is 0 Å². The van der Waals surface area contributed by atoms with E-state index in [0.717, 1.165) is 30.4 Å². The van der Waals surface area contributed by atoms with E-state index in [0.29, 0.717) is 23.3 Å². The number of rotatable bonds is 6. The highest BCUT2D eigenvalue weighted by Gasteiger charge is 2.19. The quantitative estimate of drug-likeness (QED) is 0.645. The summed E-state index contributed by atoms with van der Waals surface area (Å²) < 4.78 is 0. The topological polar surface area (TPSA) is 40.5 Å². The highest BCUT2D eigenvalue weighted by molar-refractivity contribution is 5.49. The molecule has 2 aromatic carbocycles. The highest BCUT2D eigenvalue weighted by atomic mass is 16.3. The van der Waals surface area contributed by atoms with Gasteiger partial charge in [0.15, 0.2) is 0 Å². The van der Waals surface area contributed by atoms with Crippen LogP contribution in [0.2, 0.25) is 0 Å². The Balaban J connectivity index is 2.61. The van der Waals surface area contributed by atoms with E-state index in [-0.39, 0.29) is 0 Å². The third-order valence-electron chi connectivity index (χ3n) is 5.52. The van der Waals surface area contributed by atoms with E-state index in [2.05, 4.69) is 39.8 Å². The van der Waals surface area contributed by atoms with Gasteiger partial charge in [-0.25, -0.2) is 0 Å². The first-order chi connectivity index (χ1) is 11.8. The second kappa shape index (κ2) is 7.95. The Morgan fingerprint density at radius 1 is 0.800 bits per heavy atom. The first-order valence-electron chi connectivity index (χ1n) is 9.43. The molecule has 25 heavy (non-hydrogen) atoms. The third-order valence-corrected chi connectivity index (χ3v) is 5.52. The minimum absolute atomic E-state index is 0.368. The van der Waals surface area contributed by atoms with Crippen LogP contribution in [0.3, 0.4) is 0 Å². The number of phenols is 2. The molecule has 2 nitrogen and oxygen atoms in total. The Labute approximate surface area is 152 Å². The maximum absolute atomic E-state index is 10.3. The molecule has 0 aliphatic carbocycles. The Kier molecular flexibility index (Phi) is 6.16. The molecule has 0 aliphatic heterocycles. The largest absolute Gasteiger partial charge is 0.508 e. The van der Waals surface area contributed by atoms with Gasteiger partial charge in [0.2, 0.25) is 0 Å². The maximum Gasteiger partial charge on any atom is 0.121 e. The van der Waals surface area contributed by atoms with Gasteiger partial charge in [0.25, 0.3) is 0 Å². The molecule has 2 aromatic rings. The average Bonchev–Trinajstić information content (AvgIpc) is 2.59. The molecule has 2 atom stereocenters. The molecule has 0 heterocycles. The lowest BCUT2D eigenvalue weighted by Crippen LogP contribution is -2.07. The SMILES string of the molecule is CCC(C)c1cc(O)cc(C(C)CC)c1Cc1cc(C)c(O)c(C)c1. The zero-order valence-corrected chi connectivity index (χ0v) is 16.5. The van der Waals surface area contributed by atoms with Crippen LogP contribution in [-0.4, -0.2) is 10.2 Å². The summed E-state index contributed by atoms with van der Waals surface area (Å²) in [7, 11) is 0. The highest BCUT2D eigenvalue weighted by Crippen LogP contribution is 2.36. The monoisotopic (exact) mass is 340 g/mol. The van der Waals surface area contributed by atoms with Gasteiger partial charge in [-0.15, -0.1) is 0 Å². The van der Waals surface area contributed by atoms with E-state index in [9.17, 15) is 10.2 Å². The summed E-state index contributed by atoms with van der Waals surface area (Å²) in [6.07, 6.45) is 2.93. The van der Waals surface area contributed by atoms with Gasteiger partial charge in [0.1, 0.15) is 11.5 Å². The summed E-state index contributed by atoms with van der Waals surface area (Å²) in [5, 5.41) is 20.3. The molecule has 0 spiro atoms. The van der Waals surface area contributed by atoms with Crippen molar-refractivity contribution in [2.24, 2.45) is 0 Å². The van der Waals surface area contributed by atoms with Crippen LogP contribution in [0.5, 0.6) is 11.5 Å². The first kappa shape index (κ1) is 19.4. The van der Waals surface area contributed by atoms with Gasteiger partial charge < -0.3 is 10.2 Å². The predicted octanol–water partition coefficient (Wildman–Crippen LogP) is 6.33. The number of hydrogen-bond acceptors (Lipinski definition) is 2. The average molecular weight is 341 g/mol. The second-order valence-corrected chi connectivity index (χ2v) is 7.48. The van der Waals surface area contributed by atoms with Crippen LogP contribution >= 0.6 is 0 Å². The van der Waals surface area contributed by atoms with Crippen molar-refractivity contribution in [2.75, 3.05) is 0 Å². The van der Waals surface area contributed by atoms with E-state index >= 15 is 0 Å². The van der Waals surface area contributed by atoms with Gasteiger partial charge in [-0.2, -0.15) is 0 Å². The molecule has 0 aliphatic rings. The second-order valence-electron chi connectivity index (χ2n) is 7.48. The Morgan fingerprint density at radius 2 is 1.24 bits per heavy atom. The Bertz CT molecular complexity index is 692. The molecule has 2 rings (SSSR count). The maximum atomic E-state index is 10.3. The van der Waals surface area contributed by atoms with Gasteiger partial charge in [-0.1, -0.05) is 39.8 Å². The summed E-state index contributed by atoms with van der Waals surface area (Å²) in [6, 6.07) is 8.04. The van der Waals surface area contributed by atoms with Crippen molar-refractivity contribution in [3.8, 4) is 11.5 Å². The molecule has 0 aromatic heterocycles. The Hall–Kier alpha value is -1.96. The fourth-order valence-electron chi connectivity index (χ4n) is 3.58. The number of phenolic OH excluding ortho intramolecular Hbond substituents is 2. The summed E-state index contributed by atoms with van der Waals surface area (Å²) in [4.78, 5) is 0. The minimum atomic E-state index is 0.368. The van der Waals surface area contributed by atoms with Crippen molar-refractivity contribution in [2.45, 2.75) is 72.6 Å². The number of aromatic hydroxyl groups is 2. The smallest absolute Gasteiger partial charge is 0.121 e. The molecule has 136 valence electrons. The molecule has 2 unspecified atom stereocenters. The van der Waals surface area contributed by atoms with Gasteiger partial charge in [0.05, 0.1) is 0 Å². The van der Waals surface area contributed by atoms with Crippen LogP contribution in [-0.2, 0) is 6.42 Å². The number of hydrogen-bond donors (Lipinski definition) is 2. The van der Waals surface area contributed by atoms with Crippen LogP contribution < -0.4 is 0 Å². The fourth-order valence-corrected chi connectivity index (χ4v) is 3.58. The lowest BCUT2D eigenvalue weighted by molar-refractivity contribution is 0.466. The lowest BCUT2D eigenvalue weighted by atomic mass is 9.82. The lowest BCUT2D eigenvalue weighted by Gasteiger charge is -2.23. The molecule has 2 heteroatoms. The van der Waals surface area contributed by atoms with Crippen LogP contribution in [0.15, 0.2) is 24.3 Å². The van der Waals surface area contributed by atoms with Crippen LogP contribution in [0.1, 0.15) is 85.8 Å². The van der Waals surface area contributed by atoms with Gasteiger partial charge >= 0.3 is 0 Å². The van der Waals surface area contributed by atoms with E-state index in [4.69, 9.17) is 0 Å². The summed E-state index contributed by atoms with van der Waals surface area (Å²) in [5.41, 5.74) is 6.90. The molecule has 0 radical (unpaired) electrons. The van der Waals surface area contributed by atoms with Crippen molar-refractivity contribution in [3.05, 3.63) is 57.6 Å². The van der Waals surface area contributed by atoms with Gasteiger partial charge in [-0.05, 0) is 90.5 Å². The van der Waals surface area contributed by atoms with Crippen molar-refractivity contribution in [3.63, 3.8) is 0 Å². The molecule has 2 N–H and O–H groups in total. The molecule has 0 amide bonds. The van der Waals surface area contributed by atoms with Crippen LogP contribution in [0.4, 0.5) is 0 Å². The summed E-state index contributed by atoms with van der Waals surface area (Å²) in [5.74, 6) is 1.57.